The van der Waals surface area contributed by atoms with Gasteiger partial charge in [-0.3, -0.25) is 20.2 Å². The highest BCUT2D eigenvalue weighted by Crippen LogP contribution is 2.38. The van der Waals surface area contributed by atoms with Crippen molar-refractivity contribution in [2.45, 2.75) is 15.5 Å². The van der Waals surface area contributed by atoms with Crippen LogP contribution in [0.3, 0.4) is 0 Å². The molecule has 0 spiro atoms. The smallest absolute Gasteiger partial charge is 0.315 e. The molecule has 0 heterocycles. The highest BCUT2D eigenvalue weighted by Gasteiger charge is 2.29. The number of aliphatic hydroxyl groups is 2. The standard InChI is InChI=1S/C21H20ClNO7S.C11H9ClO2S.C10H12ClNO5/c22-8-10-30-19-13-17(29-11-9-24)12-16(21(19)23(25)26)14-31(27,28)20-7-3-5-15-4-1-2-6-18(15)20;12-8-15(13,14)11-7-3-5-9-4-1-2-6-10(9)11;11-3-5-17-10-7-8(16-6-4-13)1-2-9(10)12(14)15/h1-7,12-13,24H,8-11,14H2;1-7H,8H2;1-2,7,13H,3-6H2. The van der Waals surface area contributed by atoms with Crippen molar-refractivity contribution in [3.8, 4) is 23.0 Å². The molecule has 0 fully saturated rings. The molecular weight excluding hydrogens is 927 g/mol. The number of ether oxygens (including phenoxy) is 4. The molecule has 0 bridgehead atoms. The fourth-order valence-corrected chi connectivity index (χ4v) is 8.92. The zero-order chi connectivity index (χ0) is 46.0. The van der Waals surface area contributed by atoms with Crippen LogP contribution in [0, 0.1) is 20.2 Å². The van der Waals surface area contributed by atoms with Gasteiger partial charge in [0.15, 0.2) is 19.7 Å². The summed E-state index contributed by atoms with van der Waals surface area (Å²) in [5, 5.41) is 42.6. The summed E-state index contributed by atoms with van der Waals surface area (Å²) in [6.45, 7) is -0.199. The molecule has 0 saturated heterocycles. The minimum absolute atomic E-state index is 0.0125. The molecule has 0 aliphatic carbocycles. The Morgan fingerprint density at radius 2 is 1.03 bits per heavy atom. The van der Waals surface area contributed by atoms with E-state index >= 15 is 0 Å². The predicted octanol–water partition coefficient (Wildman–Crippen LogP) is 8.10. The lowest BCUT2D eigenvalue weighted by atomic mass is 10.1. The largest absolute Gasteiger partial charge is 0.491 e. The van der Waals surface area contributed by atoms with Crippen molar-refractivity contribution in [1.82, 2.24) is 0 Å². The van der Waals surface area contributed by atoms with E-state index in [9.17, 15) is 37.1 Å². The summed E-state index contributed by atoms with van der Waals surface area (Å²) in [5.74, 6) is 0.184. The predicted molar refractivity (Wildman–Crippen MR) is 240 cm³/mol. The second-order valence-electron chi connectivity index (χ2n) is 12.7. The molecule has 2 N–H and O–H groups in total. The monoisotopic (exact) mass is 966 g/mol. The third-order valence-electron chi connectivity index (χ3n) is 8.49. The van der Waals surface area contributed by atoms with Gasteiger partial charge >= 0.3 is 11.4 Å². The summed E-state index contributed by atoms with van der Waals surface area (Å²) in [4.78, 5) is 21.7. The zero-order valence-corrected chi connectivity index (χ0v) is 37.1. The second kappa shape index (κ2) is 24.4. The Balaban J connectivity index is 0.000000229. The number of nitro groups is 2. The van der Waals surface area contributed by atoms with Crippen molar-refractivity contribution < 1.29 is 55.8 Å². The first-order valence-corrected chi connectivity index (χ1v) is 23.5. The van der Waals surface area contributed by atoms with E-state index < -0.39 is 41.0 Å². The molecular formula is C42H41Cl3N2O14S2. The van der Waals surface area contributed by atoms with Crippen LogP contribution in [-0.2, 0) is 25.4 Å². The van der Waals surface area contributed by atoms with E-state index in [0.717, 1.165) is 16.2 Å². The number of nitrogens with zero attached hydrogens (tertiary/aromatic N) is 2. The van der Waals surface area contributed by atoms with Crippen LogP contribution in [0.25, 0.3) is 21.5 Å². The molecule has 6 aromatic rings. The molecule has 16 nitrogen and oxygen atoms in total. The highest BCUT2D eigenvalue weighted by atomic mass is 35.5. The van der Waals surface area contributed by atoms with Crippen molar-refractivity contribution in [1.29, 1.82) is 0 Å². The van der Waals surface area contributed by atoms with Gasteiger partial charge in [-0.15, -0.1) is 34.8 Å². The fraction of sp³-hybridized carbons (Fsp3) is 0.238. The Kier molecular flexibility index (Phi) is 19.4. The van der Waals surface area contributed by atoms with E-state index in [4.69, 9.17) is 64.0 Å². The number of halogens is 3. The van der Waals surface area contributed by atoms with Crippen molar-refractivity contribution in [3.05, 3.63) is 141 Å². The molecule has 63 heavy (non-hydrogen) atoms. The topological polar surface area (TPSA) is 232 Å². The minimum Gasteiger partial charge on any atom is -0.491 e. The zero-order valence-electron chi connectivity index (χ0n) is 33.2. The van der Waals surface area contributed by atoms with Crippen molar-refractivity contribution >= 4 is 87.4 Å². The summed E-state index contributed by atoms with van der Waals surface area (Å²) in [6.07, 6.45) is 0. The van der Waals surface area contributed by atoms with Crippen molar-refractivity contribution in [2.75, 3.05) is 56.6 Å². The highest BCUT2D eigenvalue weighted by molar-refractivity contribution is 7.92. The number of aliphatic hydroxyl groups excluding tert-OH is 2. The first-order valence-electron chi connectivity index (χ1n) is 18.6. The molecule has 6 aromatic carbocycles. The number of hydrogen-bond donors (Lipinski definition) is 2. The SMILES string of the molecule is O=S(=O)(CCl)c1cccc2ccccc12.O=[N+]([O-])c1c(CS(=O)(=O)c2cccc3ccccc23)cc(OCCO)cc1OCCCl.O=[N+]([O-])c1ccc(OCCO)cc1OCCCl. The summed E-state index contributed by atoms with van der Waals surface area (Å²) in [5.41, 5.74) is -0.699. The maximum absolute atomic E-state index is 13.3. The molecule has 21 heteroatoms. The van der Waals surface area contributed by atoms with Crippen LogP contribution in [-0.4, -0.2) is 93.5 Å². The van der Waals surface area contributed by atoms with Crippen molar-refractivity contribution in [3.63, 3.8) is 0 Å². The Bertz CT molecular complexity index is 2710. The second-order valence-corrected chi connectivity index (χ2v) is 18.0. The normalized spacial score (nSPS) is 11.1. The van der Waals surface area contributed by atoms with Gasteiger partial charge in [0.05, 0.1) is 55.9 Å². The van der Waals surface area contributed by atoms with E-state index in [1.807, 2.05) is 24.3 Å². The molecule has 0 amide bonds. The number of alkyl halides is 3. The fourth-order valence-electron chi connectivity index (χ4n) is 5.90. The first-order chi connectivity index (χ1) is 30.2. The molecule has 0 aliphatic heterocycles. The van der Waals surface area contributed by atoms with Gasteiger partial charge in [-0.2, -0.15) is 0 Å². The van der Waals surface area contributed by atoms with Gasteiger partial charge in [-0.05, 0) is 35.0 Å². The Hall–Kier alpha value is -5.47. The summed E-state index contributed by atoms with van der Waals surface area (Å²) < 4.78 is 70.9. The number of rotatable bonds is 19. The van der Waals surface area contributed by atoms with Gasteiger partial charge < -0.3 is 29.2 Å². The van der Waals surface area contributed by atoms with E-state index in [-0.39, 0.29) is 90.0 Å². The van der Waals surface area contributed by atoms with Crippen LogP contribution >= 0.6 is 34.8 Å². The Labute approximate surface area is 377 Å². The summed E-state index contributed by atoms with van der Waals surface area (Å²) in [7, 11) is -7.32. The van der Waals surface area contributed by atoms with E-state index in [1.165, 1.54) is 36.4 Å². The lowest BCUT2D eigenvalue weighted by Gasteiger charge is -2.14. The van der Waals surface area contributed by atoms with Gasteiger partial charge in [-0.1, -0.05) is 72.8 Å². The Morgan fingerprint density at radius 1 is 0.540 bits per heavy atom. The van der Waals surface area contributed by atoms with Crippen LogP contribution in [0.1, 0.15) is 5.56 Å². The number of sulfone groups is 2. The van der Waals surface area contributed by atoms with Gasteiger partial charge in [0, 0.05) is 29.0 Å². The van der Waals surface area contributed by atoms with Crippen LogP contribution < -0.4 is 18.9 Å². The van der Waals surface area contributed by atoms with Crippen LogP contribution in [0.5, 0.6) is 23.0 Å². The summed E-state index contributed by atoms with van der Waals surface area (Å²) >= 11 is 16.5. The third-order valence-corrected chi connectivity index (χ3v) is 12.7. The first kappa shape index (κ1) is 50.2. The molecule has 0 radical (unpaired) electrons. The molecule has 6 rings (SSSR count). The van der Waals surface area contributed by atoms with Gasteiger partial charge in [0.25, 0.3) is 0 Å². The van der Waals surface area contributed by atoms with E-state index in [2.05, 4.69) is 0 Å². The number of nitro benzene ring substituents is 2. The average molecular weight is 968 g/mol. The molecule has 0 aromatic heterocycles. The number of hydrogen-bond acceptors (Lipinski definition) is 14. The molecule has 336 valence electrons. The lowest BCUT2D eigenvalue weighted by molar-refractivity contribution is -0.386. The summed E-state index contributed by atoms with van der Waals surface area (Å²) in [6, 6.07) is 31.1. The molecule has 0 saturated carbocycles. The number of fused-ring (bicyclic) bond motifs is 2. The average Bonchev–Trinajstić information content (AvgIpc) is 3.28. The maximum atomic E-state index is 13.3. The van der Waals surface area contributed by atoms with Gasteiger partial charge in [0.1, 0.15) is 43.1 Å². The van der Waals surface area contributed by atoms with Gasteiger partial charge in [0.2, 0.25) is 11.5 Å². The van der Waals surface area contributed by atoms with Crippen LogP contribution in [0.2, 0.25) is 0 Å². The van der Waals surface area contributed by atoms with Crippen LogP contribution in [0.15, 0.2) is 125 Å². The van der Waals surface area contributed by atoms with E-state index in [0.29, 0.717) is 16.0 Å². The molecule has 0 atom stereocenters. The van der Waals surface area contributed by atoms with Crippen molar-refractivity contribution in [2.24, 2.45) is 0 Å². The molecule has 0 unspecified atom stereocenters. The Morgan fingerprint density at radius 3 is 1.54 bits per heavy atom. The van der Waals surface area contributed by atoms with Gasteiger partial charge in [-0.25, -0.2) is 16.8 Å². The number of benzene rings is 6. The molecule has 0 aliphatic rings. The minimum atomic E-state index is -3.96. The quantitative estimate of drug-likeness (QED) is 0.0444. The maximum Gasteiger partial charge on any atom is 0.315 e. The van der Waals surface area contributed by atoms with E-state index in [1.54, 1.807) is 54.6 Å². The lowest BCUT2D eigenvalue weighted by Crippen LogP contribution is -2.11. The van der Waals surface area contributed by atoms with Crippen LogP contribution in [0.4, 0.5) is 11.4 Å². The third kappa shape index (κ3) is 14.0.